The molecule has 3 saturated heterocycles. The fourth-order valence-corrected chi connectivity index (χ4v) is 9.92. The van der Waals surface area contributed by atoms with E-state index in [1.54, 1.807) is 6.07 Å². The highest BCUT2D eigenvalue weighted by molar-refractivity contribution is 6.11. The molecule has 3 aromatic rings. The van der Waals surface area contributed by atoms with E-state index in [1.807, 2.05) is 18.3 Å². The SMILES string of the molecule is O=C1CCCN2C(CC1)C[C@]13CN4CCCCC=CCC[C@](O)(C=C(c5nccc6c5[nH]c5c(O)cccc56)[C@@H]1CC4)[C@H]23. The molecule has 226 valence electrons. The van der Waals surface area contributed by atoms with Gasteiger partial charge in [0.25, 0.3) is 0 Å². The summed E-state index contributed by atoms with van der Waals surface area (Å²) >= 11 is 0. The number of aliphatic hydroxyl groups is 1. The number of aromatic amines is 1. The Morgan fingerprint density at radius 3 is 2.77 bits per heavy atom. The number of Topliss-reactive ketones (excluding diaryl/α,β-unsaturated/α-hetero) is 1. The number of para-hydroxylation sites is 1. The number of carbonyl (C=O) groups excluding carboxylic acids is 1. The van der Waals surface area contributed by atoms with Crippen LogP contribution >= 0.6 is 0 Å². The summed E-state index contributed by atoms with van der Waals surface area (Å²) in [5, 5.41) is 25.8. The van der Waals surface area contributed by atoms with Crippen molar-refractivity contribution < 1.29 is 15.0 Å². The minimum Gasteiger partial charge on any atom is -0.506 e. The minimum absolute atomic E-state index is 0.0230. The number of H-pyrrole nitrogens is 1. The number of aromatic nitrogens is 2. The van der Waals surface area contributed by atoms with Gasteiger partial charge in [0.2, 0.25) is 0 Å². The Bertz CT molecular complexity index is 1630. The molecule has 8 rings (SSSR count). The largest absolute Gasteiger partial charge is 0.506 e. The van der Waals surface area contributed by atoms with Gasteiger partial charge in [-0.15, -0.1) is 0 Å². The van der Waals surface area contributed by atoms with Crippen molar-refractivity contribution in [3.05, 3.63) is 54.4 Å². The van der Waals surface area contributed by atoms with Crippen molar-refractivity contribution >= 4 is 33.2 Å². The number of ketones is 1. The summed E-state index contributed by atoms with van der Waals surface area (Å²) in [6.07, 6.45) is 18.9. The molecular weight excluding hydrogens is 536 g/mol. The zero-order valence-electron chi connectivity index (χ0n) is 25.1. The molecule has 43 heavy (non-hydrogen) atoms. The summed E-state index contributed by atoms with van der Waals surface area (Å²) in [6, 6.07) is 8.04. The number of carbonyl (C=O) groups is 1. The number of rotatable bonds is 1. The third-order valence-electron chi connectivity index (χ3n) is 11.6. The van der Waals surface area contributed by atoms with Crippen LogP contribution in [0.1, 0.15) is 76.3 Å². The van der Waals surface area contributed by atoms with Crippen molar-refractivity contribution in [1.82, 2.24) is 19.8 Å². The second-order valence-electron chi connectivity index (χ2n) is 14.0. The second kappa shape index (κ2) is 10.6. The predicted octanol–water partition coefficient (Wildman–Crippen LogP) is 5.96. The number of pyridine rings is 1. The number of hydrogen-bond donors (Lipinski definition) is 3. The lowest BCUT2D eigenvalue weighted by Gasteiger charge is -2.58. The zero-order chi connectivity index (χ0) is 29.2. The zero-order valence-corrected chi connectivity index (χ0v) is 25.1. The summed E-state index contributed by atoms with van der Waals surface area (Å²) in [6.45, 7) is 4.02. The van der Waals surface area contributed by atoms with Crippen LogP contribution in [-0.2, 0) is 4.79 Å². The van der Waals surface area contributed by atoms with Crippen LogP contribution < -0.4 is 0 Å². The van der Waals surface area contributed by atoms with Gasteiger partial charge in [-0.25, -0.2) is 0 Å². The molecule has 6 atom stereocenters. The molecule has 1 aromatic carbocycles. The molecular formula is C36H44N4O3. The van der Waals surface area contributed by atoms with Gasteiger partial charge in [-0.2, -0.15) is 0 Å². The summed E-state index contributed by atoms with van der Waals surface area (Å²) in [4.78, 5) is 26.5. The molecule has 3 bridgehead atoms. The Hall–Kier alpha value is -3.00. The molecule has 1 spiro atoms. The maximum Gasteiger partial charge on any atom is 0.139 e. The van der Waals surface area contributed by atoms with Crippen LogP contribution in [0.25, 0.3) is 27.4 Å². The van der Waals surface area contributed by atoms with Gasteiger partial charge in [0.05, 0.1) is 22.3 Å². The smallest absolute Gasteiger partial charge is 0.139 e. The van der Waals surface area contributed by atoms with Gasteiger partial charge in [0.15, 0.2) is 0 Å². The molecule has 7 nitrogen and oxygen atoms in total. The fourth-order valence-electron chi connectivity index (χ4n) is 9.92. The van der Waals surface area contributed by atoms with E-state index in [0.29, 0.717) is 31.1 Å². The molecule has 0 amide bonds. The average molecular weight is 581 g/mol. The third kappa shape index (κ3) is 4.41. The number of phenols is 1. The number of fused-ring (bicyclic) bond motifs is 5. The Balaban J connectivity index is 1.34. The topological polar surface area (TPSA) is 92.7 Å². The van der Waals surface area contributed by atoms with Crippen molar-refractivity contribution in [2.45, 2.75) is 88.3 Å². The van der Waals surface area contributed by atoms with Crippen LogP contribution in [0.15, 0.2) is 48.7 Å². The minimum atomic E-state index is -1.01. The van der Waals surface area contributed by atoms with E-state index < -0.39 is 5.60 Å². The van der Waals surface area contributed by atoms with E-state index >= 15 is 0 Å². The normalized spacial score (nSPS) is 35.4. The van der Waals surface area contributed by atoms with E-state index in [-0.39, 0.29) is 23.1 Å². The van der Waals surface area contributed by atoms with Gasteiger partial charge in [-0.3, -0.25) is 14.7 Å². The standard InChI is InChI=1S/C36H44N4O3/c41-25-9-8-19-40-24(12-13-25)21-35-23-39-18-6-4-2-1-3-5-16-36(43,34(35)40)22-28(29(35)15-20-39)32-33-27(14-17-37-32)26-10-7-11-30(42)31(26)38-33/h1,3,7,10-11,14,17,22,24,29,34,38,42-43H,2,4-6,8-9,12-13,15-16,18-21,23H2/t24?,29-,34+,35-,36-/m0/s1. The van der Waals surface area contributed by atoms with E-state index in [4.69, 9.17) is 4.98 Å². The summed E-state index contributed by atoms with van der Waals surface area (Å²) < 4.78 is 0. The molecule has 2 unspecified atom stereocenters. The molecule has 7 heteroatoms. The monoisotopic (exact) mass is 580 g/mol. The Labute approximate surface area is 253 Å². The quantitative estimate of drug-likeness (QED) is 0.308. The van der Waals surface area contributed by atoms with Crippen LogP contribution in [0.3, 0.4) is 0 Å². The number of benzene rings is 1. The van der Waals surface area contributed by atoms with Crippen molar-refractivity contribution in [2.24, 2.45) is 11.3 Å². The molecule has 1 aliphatic carbocycles. The van der Waals surface area contributed by atoms with Crippen LogP contribution in [0.5, 0.6) is 5.75 Å². The predicted molar refractivity (Wildman–Crippen MR) is 170 cm³/mol. The molecule has 5 aliphatic rings. The molecule has 3 fully saturated rings. The number of nitrogens with one attached hydrogen (secondary N) is 1. The maximum atomic E-state index is 13.1. The number of piperidine rings is 1. The van der Waals surface area contributed by atoms with Crippen molar-refractivity contribution in [3.63, 3.8) is 0 Å². The molecule has 4 aliphatic heterocycles. The second-order valence-corrected chi connectivity index (χ2v) is 14.0. The van der Waals surface area contributed by atoms with Crippen LogP contribution in [0.2, 0.25) is 0 Å². The maximum absolute atomic E-state index is 13.1. The van der Waals surface area contributed by atoms with Gasteiger partial charge >= 0.3 is 0 Å². The van der Waals surface area contributed by atoms with Crippen LogP contribution in [-0.4, -0.2) is 79.6 Å². The van der Waals surface area contributed by atoms with E-state index in [9.17, 15) is 15.0 Å². The van der Waals surface area contributed by atoms with Gasteiger partial charge in [0, 0.05) is 53.9 Å². The third-order valence-corrected chi connectivity index (χ3v) is 11.6. The van der Waals surface area contributed by atoms with E-state index in [0.717, 1.165) is 92.2 Å². The summed E-state index contributed by atoms with van der Waals surface area (Å²) in [5.41, 5.74) is 2.63. The first-order valence-electron chi connectivity index (χ1n) is 16.7. The van der Waals surface area contributed by atoms with Crippen LogP contribution in [0, 0.1) is 11.3 Å². The highest BCUT2D eigenvalue weighted by atomic mass is 16.3. The molecule has 6 heterocycles. The van der Waals surface area contributed by atoms with Crippen molar-refractivity contribution in [1.29, 1.82) is 0 Å². The molecule has 3 N–H and O–H groups in total. The van der Waals surface area contributed by atoms with Crippen molar-refractivity contribution in [3.8, 4) is 5.75 Å². The van der Waals surface area contributed by atoms with E-state index in [1.165, 1.54) is 18.4 Å². The highest BCUT2D eigenvalue weighted by Crippen LogP contribution is 2.62. The number of aromatic hydroxyl groups is 1. The molecule has 2 aromatic heterocycles. The van der Waals surface area contributed by atoms with Crippen LogP contribution in [0.4, 0.5) is 0 Å². The average Bonchev–Trinajstić information content (AvgIpc) is 3.52. The van der Waals surface area contributed by atoms with Gasteiger partial charge < -0.3 is 20.1 Å². The first-order chi connectivity index (χ1) is 21.0. The fraction of sp³-hybridized carbons (Fsp3) is 0.556. The lowest BCUT2D eigenvalue weighted by atomic mass is 9.54. The Morgan fingerprint density at radius 1 is 0.953 bits per heavy atom. The lowest BCUT2D eigenvalue weighted by molar-refractivity contribution is -0.120. The van der Waals surface area contributed by atoms with E-state index in [2.05, 4.69) is 39.1 Å². The first kappa shape index (κ1) is 27.5. The summed E-state index contributed by atoms with van der Waals surface area (Å²) in [5.74, 6) is 0.898. The lowest BCUT2D eigenvalue weighted by Crippen LogP contribution is -2.65. The number of nitrogens with zero attached hydrogens (tertiary/aromatic N) is 3. The number of phenolic OH excluding ortho intramolecular Hbond substituents is 1. The van der Waals surface area contributed by atoms with Crippen molar-refractivity contribution in [2.75, 3.05) is 26.2 Å². The highest BCUT2D eigenvalue weighted by Gasteiger charge is 2.66. The summed E-state index contributed by atoms with van der Waals surface area (Å²) in [7, 11) is 0. The van der Waals surface area contributed by atoms with Gasteiger partial charge in [0.1, 0.15) is 11.5 Å². The molecule has 0 radical (unpaired) electrons. The number of allylic oxidation sites excluding steroid dienone is 3. The molecule has 0 saturated carbocycles. The Morgan fingerprint density at radius 2 is 1.84 bits per heavy atom. The Kier molecular flexibility index (Phi) is 6.77. The first-order valence-corrected chi connectivity index (χ1v) is 16.7. The van der Waals surface area contributed by atoms with Gasteiger partial charge in [-0.05, 0) is 107 Å². The number of hydrogen-bond acceptors (Lipinski definition) is 6. The van der Waals surface area contributed by atoms with Gasteiger partial charge in [-0.1, -0.05) is 24.3 Å².